The third kappa shape index (κ3) is 5.47. The maximum atomic E-state index is 12.7. The first-order valence-corrected chi connectivity index (χ1v) is 11.5. The van der Waals surface area contributed by atoms with Crippen molar-refractivity contribution in [1.29, 1.82) is 0 Å². The van der Waals surface area contributed by atoms with Crippen molar-refractivity contribution in [2.24, 2.45) is 0 Å². The summed E-state index contributed by atoms with van der Waals surface area (Å²) in [5.74, 6) is 2.00. The molecule has 1 aromatic heterocycles. The van der Waals surface area contributed by atoms with E-state index in [0.29, 0.717) is 25.9 Å². The minimum Gasteiger partial charge on any atom is -0.461 e. The second kappa shape index (κ2) is 10.3. The molecule has 5 heteroatoms. The van der Waals surface area contributed by atoms with E-state index in [0.717, 1.165) is 54.0 Å². The maximum Gasteiger partial charge on any atom is 0.224 e. The molecule has 0 aliphatic carbocycles. The number of nitrogens with one attached hydrogen (secondary N) is 1. The summed E-state index contributed by atoms with van der Waals surface area (Å²) in [6.07, 6.45) is 4.47. The van der Waals surface area contributed by atoms with Gasteiger partial charge >= 0.3 is 0 Å². The largest absolute Gasteiger partial charge is 0.461 e. The Morgan fingerprint density at radius 2 is 1.81 bits per heavy atom. The minimum absolute atomic E-state index is 0.0464. The molecule has 0 spiro atoms. The van der Waals surface area contributed by atoms with Crippen molar-refractivity contribution in [1.82, 2.24) is 4.90 Å². The second-order valence-electron chi connectivity index (χ2n) is 8.34. The third-order valence-electron chi connectivity index (χ3n) is 5.90. The molecule has 4 rings (SSSR count). The molecule has 0 atom stereocenters. The second-order valence-corrected chi connectivity index (χ2v) is 8.34. The number of hydrogen-bond acceptors (Lipinski definition) is 3. The Labute approximate surface area is 189 Å². The van der Waals surface area contributed by atoms with Gasteiger partial charge in [-0.25, -0.2) is 0 Å². The summed E-state index contributed by atoms with van der Waals surface area (Å²) in [6.45, 7) is 3.36. The van der Waals surface area contributed by atoms with E-state index < -0.39 is 0 Å². The fourth-order valence-corrected chi connectivity index (χ4v) is 4.02. The highest BCUT2D eigenvalue weighted by Crippen LogP contribution is 2.30. The zero-order chi connectivity index (χ0) is 22.3. The molecule has 2 heterocycles. The van der Waals surface area contributed by atoms with Crippen molar-refractivity contribution in [2.45, 2.75) is 52.0 Å². The van der Waals surface area contributed by atoms with E-state index in [9.17, 15) is 9.59 Å². The number of benzene rings is 2. The van der Waals surface area contributed by atoms with E-state index in [1.54, 1.807) is 0 Å². The minimum atomic E-state index is 0.0464. The van der Waals surface area contributed by atoms with Crippen molar-refractivity contribution >= 4 is 17.5 Å². The molecule has 2 amide bonds. The molecule has 5 nitrogen and oxygen atoms in total. The summed E-state index contributed by atoms with van der Waals surface area (Å²) < 4.78 is 6.10. The van der Waals surface area contributed by atoms with Gasteiger partial charge in [0.25, 0.3) is 0 Å². The molecule has 3 aromatic rings. The lowest BCUT2D eigenvalue weighted by Crippen LogP contribution is -2.35. The molecule has 32 heavy (non-hydrogen) atoms. The number of furan rings is 1. The lowest BCUT2D eigenvalue weighted by Gasteiger charge is -2.26. The van der Waals surface area contributed by atoms with Crippen LogP contribution in [0.3, 0.4) is 0 Å². The third-order valence-corrected chi connectivity index (χ3v) is 5.90. The molecule has 0 fully saturated rings. The van der Waals surface area contributed by atoms with Crippen LogP contribution in [-0.2, 0) is 29.0 Å². The molecule has 2 aromatic carbocycles. The average molecular weight is 431 g/mol. The Kier molecular flexibility index (Phi) is 7.05. The Bertz CT molecular complexity index is 1050. The lowest BCUT2D eigenvalue weighted by atomic mass is 10.1. The lowest BCUT2D eigenvalue weighted by molar-refractivity contribution is -0.132. The van der Waals surface area contributed by atoms with E-state index in [1.165, 1.54) is 5.56 Å². The molecule has 0 unspecified atom stereocenters. The van der Waals surface area contributed by atoms with Crippen LogP contribution in [0.2, 0.25) is 0 Å². The summed E-state index contributed by atoms with van der Waals surface area (Å²) >= 11 is 0. The quantitative estimate of drug-likeness (QED) is 0.506. The van der Waals surface area contributed by atoms with Gasteiger partial charge in [-0.15, -0.1) is 0 Å². The van der Waals surface area contributed by atoms with E-state index in [4.69, 9.17) is 4.42 Å². The predicted molar refractivity (Wildman–Crippen MR) is 126 cm³/mol. The normalized spacial score (nSPS) is 13.0. The summed E-state index contributed by atoms with van der Waals surface area (Å²) in [4.78, 5) is 26.6. The first kappa shape index (κ1) is 21.9. The first-order chi connectivity index (χ1) is 15.6. The fourth-order valence-electron chi connectivity index (χ4n) is 4.02. The van der Waals surface area contributed by atoms with Crippen molar-refractivity contribution in [2.75, 3.05) is 11.9 Å². The van der Waals surface area contributed by atoms with Gasteiger partial charge in [0.1, 0.15) is 11.5 Å². The van der Waals surface area contributed by atoms with Crippen molar-refractivity contribution in [3.05, 3.63) is 77.6 Å². The van der Waals surface area contributed by atoms with Gasteiger partial charge in [0.15, 0.2) is 0 Å². The highest BCUT2D eigenvalue weighted by molar-refractivity contribution is 5.90. The molecule has 166 valence electrons. The summed E-state index contributed by atoms with van der Waals surface area (Å²) in [5, 5.41) is 2.93. The topological polar surface area (TPSA) is 62.6 Å². The Hall–Kier alpha value is -3.34. The van der Waals surface area contributed by atoms with Crippen LogP contribution in [0.4, 0.5) is 5.69 Å². The van der Waals surface area contributed by atoms with Gasteiger partial charge < -0.3 is 14.6 Å². The van der Waals surface area contributed by atoms with Crippen molar-refractivity contribution in [3.63, 3.8) is 0 Å². The van der Waals surface area contributed by atoms with Crippen LogP contribution in [0.15, 0.2) is 65.1 Å². The number of fused-ring (bicyclic) bond motifs is 1. The maximum absolute atomic E-state index is 12.7. The smallest absolute Gasteiger partial charge is 0.224 e. The summed E-state index contributed by atoms with van der Waals surface area (Å²) in [5.41, 5.74) is 4.03. The number of nitrogens with zero attached hydrogens (tertiary/aromatic N) is 1. The van der Waals surface area contributed by atoms with E-state index in [1.807, 2.05) is 53.4 Å². The van der Waals surface area contributed by atoms with Crippen molar-refractivity contribution in [3.8, 4) is 11.3 Å². The molecule has 1 aliphatic rings. The van der Waals surface area contributed by atoms with E-state index in [2.05, 4.69) is 24.4 Å². The zero-order valence-corrected chi connectivity index (χ0v) is 18.6. The van der Waals surface area contributed by atoms with Gasteiger partial charge in [0.05, 0.1) is 0 Å². The molecule has 1 N–H and O–H groups in total. The Balaban J connectivity index is 1.35. The molecular weight excluding hydrogens is 400 g/mol. The summed E-state index contributed by atoms with van der Waals surface area (Å²) in [6, 6.07) is 19.9. The number of carbonyl (C=O) groups is 2. The monoisotopic (exact) mass is 430 g/mol. The number of amides is 2. The molecular formula is C27H30N2O3. The van der Waals surface area contributed by atoms with Gasteiger partial charge in [-0.05, 0) is 48.7 Å². The number of hydrogen-bond donors (Lipinski definition) is 1. The molecule has 1 aliphatic heterocycles. The molecule has 0 saturated carbocycles. The van der Waals surface area contributed by atoms with Crippen LogP contribution in [-0.4, -0.2) is 23.3 Å². The van der Waals surface area contributed by atoms with Gasteiger partial charge in [-0.2, -0.15) is 0 Å². The number of rotatable bonds is 8. The van der Waals surface area contributed by atoms with Crippen LogP contribution in [0.5, 0.6) is 0 Å². The fraction of sp³-hybridized carbons (Fsp3) is 0.333. The van der Waals surface area contributed by atoms with Gasteiger partial charge in [-0.3, -0.25) is 9.59 Å². The molecule has 0 radical (unpaired) electrons. The number of carbonyl (C=O) groups excluding carboxylic acids is 2. The van der Waals surface area contributed by atoms with E-state index >= 15 is 0 Å². The number of unbranched alkanes of at least 4 members (excludes halogenated alkanes) is 1. The van der Waals surface area contributed by atoms with Crippen LogP contribution >= 0.6 is 0 Å². The Morgan fingerprint density at radius 3 is 2.56 bits per heavy atom. The van der Waals surface area contributed by atoms with Gasteiger partial charge in [0.2, 0.25) is 11.8 Å². The predicted octanol–water partition coefficient (Wildman–Crippen LogP) is 5.59. The molecule has 0 bridgehead atoms. The highest BCUT2D eigenvalue weighted by Gasteiger charge is 2.24. The number of aryl methyl sites for hydroxylation is 1. The van der Waals surface area contributed by atoms with Crippen molar-refractivity contribution < 1.29 is 14.0 Å². The zero-order valence-electron chi connectivity index (χ0n) is 18.6. The Morgan fingerprint density at radius 1 is 1.03 bits per heavy atom. The van der Waals surface area contributed by atoms with Gasteiger partial charge in [-0.1, -0.05) is 43.7 Å². The first-order valence-electron chi connectivity index (χ1n) is 11.5. The molecule has 0 saturated heterocycles. The standard InChI is InChI=1S/C27H30N2O3/c1-2-3-9-26(30)28-23-13-11-21(12-14-23)25-18-22-19-29(17-16-24(22)32-25)27(31)15-10-20-7-5-4-6-8-20/h4-8,11-14,18H,2-3,9-10,15-17,19H2,1H3,(H,28,30). The van der Waals surface area contributed by atoms with Crippen LogP contribution in [0.25, 0.3) is 11.3 Å². The number of anilines is 1. The van der Waals surface area contributed by atoms with Crippen LogP contribution in [0, 0.1) is 0 Å². The average Bonchev–Trinajstić information content (AvgIpc) is 3.26. The van der Waals surface area contributed by atoms with Crippen LogP contribution in [0.1, 0.15) is 49.5 Å². The van der Waals surface area contributed by atoms with Gasteiger partial charge in [0, 0.05) is 49.2 Å². The SMILES string of the molecule is CCCCC(=O)Nc1ccc(-c2cc3c(o2)CCN(C(=O)CCc2ccccc2)C3)cc1. The summed E-state index contributed by atoms with van der Waals surface area (Å²) in [7, 11) is 0. The van der Waals surface area contributed by atoms with Crippen LogP contribution < -0.4 is 5.32 Å². The van der Waals surface area contributed by atoms with E-state index in [-0.39, 0.29) is 11.8 Å². The highest BCUT2D eigenvalue weighted by atomic mass is 16.3.